The van der Waals surface area contributed by atoms with Crippen molar-refractivity contribution < 1.29 is 9.18 Å². The Hall–Kier alpha value is -3.52. The van der Waals surface area contributed by atoms with E-state index in [1.165, 1.54) is 24.3 Å². The molecule has 0 saturated carbocycles. The molecule has 2 aromatic carbocycles. The largest absolute Gasteiger partial charge is 0.333 e. The Kier molecular flexibility index (Phi) is 4.82. The standard InChI is InChI=1S/C20H14FN3O/c21-17-9-2-1-8-16(17)18(13-22)24-19(25)11-10-15-6-3-5-14-7-4-12-23-20(14)15/h1-12,18H,(H,24,25)/b11-10-/t18-/m0/s1. The van der Waals surface area contributed by atoms with Crippen molar-refractivity contribution >= 4 is 22.9 Å². The fourth-order valence-corrected chi connectivity index (χ4v) is 2.51. The molecule has 3 rings (SSSR count). The van der Waals surface area contributed by atoms with E-state index in [-0.39, 0.29) is 5.56 Å². The Balaban J connectivity index is 1.79. The zero-order valence-electron chi connectivity index (χ0n) is 13.2. The number of carbonyl (C=O) groups is 1. The number of fused-ring (bicyclic) bond motifs is 1. The zero-order valence-corrected chi connectivity index (χ0v) is 13.2. The summed E-state index contributed by atoms with van der Waals surface area (Å²) in [5, 5.41) is 12.7. The van der Waals surface area contributed by atoms with Gasteiger partial charge >= 0.3 is 0 Å². The number of aromatic nitrogens is 1. The van der Waals surface area contributed by atoms with Crippen LogP contribution in [0.5, 0.6) is 0 Å². The minimum Gasteiger partial charge on any atom is -0.333 e. The summed E-state index contributed by atoms with van der Waals surface area (Å²) in [7, 11) is 0. The van der Waals surface area contributed by atoms with Gasteiger partial charge in [0.15, 0.2) is 0 Å². The van der Waals surface area contributed by atoms with Crippen LogP contribution in [0.4, 0.5) is 4.39 Å². The van der Waals surface area contributed by atoms with Gasteiger partial charge in [0.1, 0.15) is 11.9 Å². The third-order valence-corrected chi connectivity index (χ3v) is 3.71. The summed E-state index contributed by atoms with van der Waals surface area (Å²) in [5.41, 5.74) is 1.70. The van der Waals surface area contributed by atoms with Crippen LogP contribution in [-0.2, 0) is 4.79 Å². The maximum Gasteiger partial charge on any atom is 0.245 e. The predicted octanol–water partition coefficient (Wildman–Crippen LogP) is 3.77. The van der Waals surface area contributed by atoms with Gasteiger partial charge in [-0.25, -0.2) is 4.39 Å². The lowest BCUT2D eigenvalue weighted by molar-refractivity contribution is -0.116. The first kappa shape index (κ1) is 16.3. The quantitative estimate of drug-likeness (QED) is 0.740. The van der Waals surface area contributed by atoms with Gasteiger partial charge in [0, 0.05) is 28.8 Å². The van der Waals surface area contributed by atoms with Crippen LogP contribution in [0.25, 0.3) is 17.0 Å². The molecule has 4 nitrogen and oxygen atoms in total. The molecule has 0 radical (unpaired) electrons. The minimum atomic E-state index is -1.05. The normalized spacial score (nSPS) is 12.0. The third-order valence-electron chi connectivity index (χ3n) is 3.71. The van der Waals surface area contributed by atoms with Gasteiger partial charge in [-0.1, -0.05) is 42.5 Å². The van der Waals surface area contributed by atoms with E-state index in [0.29, 0.717) is 0 Å². The van der Waals surface area contributed by atoms with Gasteiger partial charge in [-0.05, 0) is 18.2 Å². The van der Waals surface area contributed by atoms with Crippen LogP contribution in [0.3, 0.4) is 0 Å². The molecule has 1 aromatic heterocycles. The number of hydrogen-bond donors (Lipinski definition) is 1. The molecular formula is C20H14FN3O. The molecule has 0 saturated heterocycles. The molecule has 122 valence electrons. The Labute approximate surface area is 144 Å². The molecule has 1 heterocycles. The Morgan fingerprint density at radius 2 is 1.96 bits per heavy atom. The summed E-state index contributed by atoms with van der Waals surface area (Å²) >= 11 is 0. The number of nitriles is 1. The predicted molar refractivity (Wildman–Crippen MR) is 93.7 cm³/mol. The first-order valence-corrected chi connectivity index (χ1v) is 7.65. The van der Waals surface area contributed by atoms with Gasteiger partial charge in [0.2, 0.25) is 5.91 Å². The van der Waals surface area contributed by atoms with Crippen LogP contribution in [0.1, 0.15) is 17.2 Å². The minimum absolute atomic E-state index is 0.138. The van der Waals surface area contributed by atoms with Gasteiger partial charge < -0.3 is 5.32 Å². The van der Waals surface area contributed by atoms with E-state index in [1.807, 2.05) is 36.4 Å². The number of nitrogens with zero attached hydrogens (tertiary/aromatic N) is 2. The van der Waals surface area contributed by atoms with E-state index in [4.69, 9.17) is 0 Å². The van der Waals surface area contributed by atoms with E-state index >= 15 is 0 Å². The Bertz CT molecular complexity index is 986. The van der Waals surface area contributed by atoms with Gasteiger partial charge in [-0.2, -0.15) is 5.26 Å². The lowest BCUT2D eigenvalue weighted by Gasteiger charge is -2.11. The highest BCUT2D eigenvalue weighted by molar-refractivity contribution is 5.95. The number of nitrogens with one attached hydrogen (secondary N) is 1. The van der Waals surface area contributed by atoms with Crippen LogP contribution in [-0.4, -0.2) is 10.9 Å². The van der Waals surface area contributed by atoms with Crippen molar-refractivity contribution in [3.05, 3.63) is 83.8 Å². The molecule has 1 N–H and O–H groups in total. The molecule has 0 fully saturated rings. The van der Waals surface area contributed by atoms with E-state index in [1.54, 1.807) is 18.3 Å². The molecule has 3 aromatic rings. The van der Waals surface area contributed by atoms with Crippen LogP contribution < -0.4 is 5.32 Å². The fourth-order valence-electron chi connectivity index (χ4n) is 2.51. The summed E-state index contributed by atoms with van der Waals surface area (Å²) in [5.74, 6) is -1.01. The lowest BCUT2D eigenvalue weighted by atomic mass is 10.1. The highest BCUT2D eigenvalue weighted by Gasteiger charge is 2.16. The molecule has 5 heteroatoms. The molecule has 1 amide bonds. The molecule has 25 heavy (non-hydrogen) atoms. The number of pyridine rings is 1. The molecule has 0 aliphatic heterocycles. The number of amides is 1. The summed E-state index contributed by atoms with van der Waals surface area (Å²) in [6.07, 6.45) is 4.62. The number of carbonyl (C=O) groups excluding carboxylic acids is 1. The smallest absolute Gasteiger partial charge is 0.245 e. The number of benzene rings is 2. The highest BCUT2D eigenvalue weighted by Crippen LogP contribution is 2.18. The van der Waals surface area contributed by atoms with Gasteiger partial charge in [0.05, 0.1) is 11.6 Å². The first-order chi connectivity index (χ1) is 12.2. The second kappa shape index (κ2) is 7.37. The van der Waals surface area contributed by atoms with Crippen LogP contribution in [0.2, 0.25) is 0 Å². The number of rotatable bonds is 4. The van der Waals surface area contributed by atoms with Crippen molar-refractivity contribution in [1.82, 2.24) is 10.3 Å². The summed E-state index contributed by atoms with van der Waals surface area (Å²) in [6.45, 7) is 0. The molecule has 0 spiro atoms. The lowest BCUT2D eigenvalue weighted by Crippen LogP contribution is -2.26. The SMILES string of the molecule is N#C[C@H](NC(=O)/C=C\c1cccc2cccnc12)c1ccccc1F. The van der Waals surface area contributed by atoms with E-state index in [9.17, 15) is 14.4 Å². The molecular weight excluding hydrogens is 317 g/mol. The number of para-hydroxylation sites is 1. The summed E-state index contributed by atoms with van der Waals surface area (Å²) < 4.78 is 13.8. The zero-order chi connectivity index (χ0) is 17.6. The van der Waals surface area contributed by atoms with Crippen LogP contribution in [0.15, 0.2) is 66.9 Å². The van der Waals surface area contributed by atoms with Gasteiger partial charge in [-0.15, -0.1) is 0 Å². The maximum atomic E-state index is 13.8. The van der Waals surface area contributed by atoms with Crippen molar-refractivity contribution in [3.8, 4) is 6.07 Å². The van der Waals surface area contributed by atoms with E-state index in [2.05, 4.69) is 10.3 Å². The third kappa shape index (κ3) is 3.70. The molecule has 0 aliphatic carbocycles. The highest BCUT2D eigenvalue weighted by atomic mass is 19.1. The summed E-state index contributed by atoms with van der Waals surface area (Å²) in [6, 6.07) is 16.2. The Morgan fingerprint density at radius 1 is 1.16 bits per heavy atom. The van der Waals surface area contributed by atoms with E-state index in [0.717, 1.165) is 16.5 Å². The Morgan fingerprint density at radius 3 is 2.76 bits per heavy atom. The van der Waals surface area contributed by atoms with Crippen molar-refractivity contribution in [2.75, 3.05) is 0 Å². The first-order valence-electron chi connectivity index (χ1n) is 7.65. The van der Waals surface area contributed by atoms with E-state index < -0.39 is 17.8 Å². The fraction of sp³-hybridized carbons (Fsp3) is 0.0500. The second-order valence-electron chi connectivity index (χ2n) is 5.35. The van der Waals surface area contributed by atoms with Crippen LogP contribution in [0, 0.1) is 17.1 Å². The van der Waals surface area contributed by atoms with Crippen molar-refractivity contribution in [3.63, 3.8) is 0 Å². The van der Waals surface area contributed by atoms with Crippen molar-refractivity contribution in [1.29, 1.82) is 5.26 Å². The molecule has 0 unspecified atom stereocenters. The maximum absolute atomic E-state index is 13.8. The monoisotopic (exact) mass is 331 g/mol. The molecule has 0 bridgehead atoms. The van der Waals surface area contributed by atoms with Crippen molar-refractivity contribution in [2.45, 2.75) is 6.04 Å². The van der Waals surface area contributed by atoms with Gasteiger partial charge in [0.25, 0.3) is 0 Å². The second-order valence-corrected chi connectivity index (χ2v) is 5.35. The molecule has 0 aliphatic rings. The van der Waals surface area contributed by atoms with Gasteiger partial charge in [-0.3, -0.25) is 9.78 Å². The average Bonchev–Trinajstić information content (AvgIpc) is 2.65. The summed E-state index contributed by atoms with van der Waals surface area (Å²) in [4.78, 5) is 16.4. The average molecular weight is 331 g/mol. The van der Waals surface area contributed by atoms with Crippen molar-refractivity contribution in [2.24, 2.45) is 0 Å². The van der Waals surface area contributed by atoms with Crippen LogP contribution >= 0.6 is 0 Å². The molecule has 1 atom stereocenters. The number of hydrogen-bond acceptors (Lipinski definition) is 3. The topological polar surface area (TPSA) is 65.8 Å². The number of halogens is 1.